The van der Waals surface area contributed by atoms with Crippen molar-refractivity contribution in [1.82, 2.24) is 10.2 Å². The summed E-state index contributed by atoms with van der Waals surface area (Å²) in [5.41, 5.74) is 0. The van der Waals surface area contributed by atoms with Crippen molar-refractivity contribution in [3.8, 4) is 0 Å². The van der Waals surface area contributed by atoms with Crippen LogP contribution in [0, 0.1) is 0 Å². The van der Waals surface area contributed by atoms with Crippen LogP contribution in [-0.2, 0) is 4.74 Å². The number of nitrogens with zero attached hydrogens (tertiary/aromatic N) is 1. The second-order valence-corrected chi connectivity index (χ2v) is 5.05. The first kappa shape index (κ1) is 15.8. The van der Waals surface area contributed by atoms with Gasteiger partial charge in [-0.05, 0) is 25.5 Å². The maximum Gasteiger partial charge on any atom is 0.422 e. The highest BCUT2D eigenvalue weighted by Gasteiger charge is 2.29. The highest BCUT2D eigenvalue weighted by atomic mass is 32.1. The van der Waals surface area contributed by atoms with E-state index in [0.29, 0.717) is 0 Å². The third-order valence-corrected chi connectivity index (χ3v) is 3.28. The molecular formula is C11H15F3N2O2S. The predicted octanol–water partition coefficient (Wildman–Crippen LogP) is 2.64. The average molecular weight is 296 g/mol. The molecule has 0 spiro atoms. The molecule has 1 N–H and O–H groups in total. The molecule has 8 heteroatoms. The molecule has 0 aliphatic rings. The lowest BCUT2D eigenvalue weighted by atomic mass is 10.2. The normalized spacial score (nSPS) is 13.4. The van der Waals surface area contributed by atoms with Crippen LogP contribution in [0.3, 0.4) is 0 Å². The van der Waals surface area contributed by atoms with E-state index in [0.717, 1.165) is 4.88 Å². The van der Waals surface area contributed by atoms with E-state index in [-0.39, 0.29) is 12.6 Å². The van der Waals surface area contributed by atoms with Gasteiger partial charge in [0.2, 0.25) is 0 Å². The van der Waals surface area contributed by atoms with Gasteiger partial charge in [-0.2, -0.15) is 13.2 Å². The van der Waals surface area contributed by atoms with Crippen molar-refractivity contribution in [2.45, 2.75) is 12.2 Å². The van der Waals surface area contributed by atoms with E-state index < -0.39 is 18.9 Å². The van der Waals surface area contributed by atoms with Crippen LogP contribution in [0.1, 0.15) is 10.9 Å². The quantitative estimate of drug-likeness (QED) is 0.908. The van der Waals surface area contributed by atoms with Gasteiger partial charge in [-0.15, -0.1) is 11.3 Å². The van der Waals surface area contributed by atoms with Crippen molar-refractivity contribution in [2.24, 2.45) is 0 Å². The molecule has 0 fully saturated rings. The molecule has 0 aliphatic heterocycles. The predicted molar refractivity (Wildman–Crippen MR) is 66.2 cm³/mol. The third-order valence-electron chi connectivity index (χ3n) is 2.30. The summed E-state index contributed by atoms with van der Waals surface area (Å²) < 4.78 is 39.6. The van der Waals surface area contributed by atoms with Crippen LogP contribution >= 0.6 is 11.3 Å². The van der Waals surface area contributed by atoms with Crippen LogP contribution in [0.25, 0.3) is 0 Å². The van der Waals surface area contributed by atoms with Crippen molar-refractivity contribution in [3.05, 3.63) is 22.4 Å². The fourth-order valence-electron chi connectivity index (χ4n) is 1.40. The number of hydrogen-bond donors (Lipinski definition) is 1. The summed E-state index contributed by atoms with van der Waals surface area (Å²) in [7, 11) is 3.65. The standard InChI is InChI=1S/C11H15F3N2O2S/c1-16(2)8(9-4-3-5-19-9)6-15-10(17)18-7-11(12,13)14/h3-5,8H,6-7H2,1-2H3,(H,15,17). The van der Waals surface area contributed by atoms with Crippen LogP contribution in [0.5, 0.6) is 0 Å². The van der Waals surface area contributed by atoms with E-state index in [4.69, 9.17) is 0 Å². The zero-order chi connectivity index (χ0) is 14.5. The van der Waals surface area contributed by atoms with Gasteiger partial charge in [-0.1, -0.05) is 6.07 Å². The van der Waals surface area contributed by atoms with E-state index in [1.54, 1.807) is 0 Å². The number of carbonyl (C=O) groups is 1. The zero-order valence-electron chi connectivity index (χ0n) is 10.5. The second-order valence-electron chi connectivity index (χ2n) is 4.07. The highest BCUT2D eigenvalue weighted by Crippen LogP contribution is 2.22. The Bertz CT molecular complexity index is 393. The molecule has 1 amide bonds. The number of thiophene rings is 1. The topological polar surface area (TPSA) is 41.6 Å². The number of amides is 1. The molecule has 0 radical (unpaired) electrons. The number of ether oxygens (including phenoxy) is 1. The first-order valence-corrected chi connectivity index (χ1v) is 6.35. The zero-order valence-corrected chi connectivity index (χ0v) is 11.3. The van der Waals surface area contributed by atoms with Crippen molar-refractivity contribution in [1.29, 1.82) is 0 Å². The molecule has 1 aromatic heterocycles. The lowest BCUT2D eigenvalue weighted by molar-refractivity contribution is -0.160. The molecule has 4 nitrogen and oxygen atoms in total. The van der Waals surface area contributed by atoms with Crippen molar-refractivity contribution in [3.63, 3.8) is 0 Å². The van der Waals surface area contributed by atoms with Crippen LogP contribution in [0.15, 0.2) is 17.5 Å². The number of alkyl carbamates (subject to hydrolysis) is 1. The van der Waals surface area contributed by atoms with Gasteiger partial charge in [-0.25, -0.2) is 4.79 Å². The Morgan fingerprint density at radius 2 is 2.21 bits per heavy atom. The second kappa shape index (κ2) is 6.76. The highest BCUT2D eigenvalue weighted by molar-refractivity contribution is 7.10. The van der Waals surface area contributed by atoms with Gasteiger partial charge < -0.3 is 15.0 Å². The Morgan fingerprint density at radius 1 is 1.53 bits per heavy atom. The maximum absolute atomic E-state index is 11.9. The summed E-state index contributed by atoms with van der Waals surface area (Å²) in [6.07, 6.45) is -5.58. The number of carbonyl (C=O) groups excluding carboxylic acids is 1. The molecule has 1 heterocycles. The first-order chi connectivity index (χ1) is 8.79. The minimum Gasteiger partial charge on any atom is -0.440 e. The molecule has 108 valence electrons. The van der Waals surface area contributed by atoms with Crippen molar-refractivity contribution in [2.75, 3.05) is 27.2 Å². The number of nitrogens with one attached hydrogen (secondary N) is 1. The summed E-state index contributed by atoms with van der Waals surface area (Å²) in [5.74, 6) is 0. The lowest BCUT2D eigenvalue weighted by Crippen LogP contribution is -2.35. The first-order valence-electron chi connectivity index (χ1n) is 5.47. The largest absolute Gasteiger partial charge is 0.440 e. The SMILES string of the molecule is CN(C)C(CNC(=O)OCC(F)(F)F)c1cccs1. The van der Waals surface area contributed by atoms with Gasteiger partial charge in [0.25, 0.3) is 0 Å². The molecular weight excluding hydrogens is 281 g/mol. The fourth-order valence-corrected chi connectivity index (χ4v) is 2.32. The minimum atomic E-state index is -4.51. The Balaban J connectivity index is 2.43. The van der Waals surface area contributed by atoms with Gasteiger partial charge in [0.05, 0.1) is 6.04 Å². The fraction of sp³-hybridized carbons (Fsp3) is 0.545. The number of hydrogen-bond acceptors (Lipinski definition) is 4. The molecule has 0 bridgehead atoms. The van der Waals surface area contributed by atoms with Gasteiger partial charge in [-0.3, -0.25) is 0 Å². The molecule has 0 saturated carbocycles. The molecule has 1 aromatic rings. The summed E-state index contributed by atoms with van der Waals surface area (Å²) in [4.78, 5) is 14.0. The lowest BCUT2D eigenvalue weighted by Gasteiger charge is -2.23. The van der Waals surface area contributed by atoms with Crippen LogP contribution in [0.2, 0.25) is 0 Å². The van der Waals surface area contributed by atoms with E-state index >= 15 is 0 Å². The van der Waals surface area contributed by atoms with Gasteiger partial charge in [0, 0.05) is 11.4 Å². The molecule has 0 saturated heterocycles. The van der Waals surface area contributed by atoms with Gasteiger partial charge in [0.1, 0.15) is 0 Å². The monoisotopic (exact) mass is 296 g/mol. The minimum absolute atomic E-state index is 0.0987. The molecule has 0 aromatic carbocycles. The Kier molecular flexibility index (Phi) is 5.61. The maximum atomic E-state index is 11.9. The summed E-state index contributed by atoms with van der Waals surface area (Å²) >= 11 is 1.51. The summed E-state index contributed by atoms with van der Waals surface area (Å²) in [6, 6.07) is 3.68. The summed E-state index contributed by atoms with van der Waals surface area (Å²) in [6.45, 7) is -1.39. The summed E-state index contributed by atoms with van der Waals surface area (Å²) in [5, 5.41) is 4.23. The average Bonchev–Trinajstić information content (AvgIpc) is 2.78. The van der Waals surface area contributed by atoms with Crippen molar-refractivity contribution < 1.29 is 22.7 Å². The smallest absolute Gasteiger partial charge is 0.422 e. The van der Waals surface area contributed by atoms with Crippen LogP contribution in [-0.4, -0.2) is 44.4 Å². The van der Waals surface area contributed by atoms with Crippen molar-refractivity contribution >= 4 is 17.4 Å². The third kappa shape index (κ3) is 5.93. The van der Waals surface area contributed by atoms with Crippen LogP contribution < -0.4 is 5.32 Å². The van der Waals surface area contributed by atoms with E-state index in [1.807, 2.05) is 36.5 Å². The molecule has 1 unspecified atom stereocenters. The Labute approximate surface area is 113 Å². The van der Waals surface area contributed by atoms with Crippen LogP contribution in [0.4, 0.5) is 18.0 Å². The molecule has 0 aliphatic carbocycles. The van der Waals surface area contributed by atoms with E-state index in [9.17, 15) is 18.0 Å². The Hall–Kier alpha value is -1.28. The molecule has 1 atom stereocenters. The Morgan fingerprint density at radius 3 is 2.68 bits per heavy atom. The molecule has 1 rings (SSSR count). The van der Waals surface area contributed by atoms with E-state index in [2.05, 4.69) is 10.1 Å². The van der Waals surface area contributed by atoms with Gasteiger partial charge >= 0.3 is 12.3 Å². The number of halogens is 3. The molecule has 19 heavy (non-hydrogen) atoms. The van der Waals surface area contributed by atoms with Gasteiger partial charge in [0.15, 0.2) is 6.61 Å². The number of alkyl halides is 3. The number of likely N-dealkylation sites (N-methyl/N-ethyl adjacent to an activating group) is 1. The number of rotatable bonds is 5. The van der Waals surface area contributed by atoms with E-state index in [1.165, 1.54) is 11.3 Å².